The van der Waals surface area contributed by atoms with Gasteiger partial charge in [-0.1, -0.05) is 20.3 Å². The van der Waals surface area contributed by atoms with Crippen molar-refractivity contribution in [3.05, 3.63) is 0 Å². The van der Waals surface area contributed by atoms with Gasteiger partial charge in [0.1, 0.15) is 0 Å². The highest BCUT2D eigenvalue weighted by atomic mass is 16.4. The maximum atomic E-state index is 11.3. The zero-order valence-corrected chi connectivity index (χ0v) is 11.7. The Kier molecular flexibility index (Phi) is 3.72. The molecule has 0 amide bonds. The largest absolute Gasteiger partial charge is 0.481 e. The number of fused-ring (bicyclic) bond motifs is 1. The van der Waals surface area contributed by atoms with E-state index in [1.807, 2.05) is 13.8 Å². The molecule has 0 aromatic rings. The molecule has 0 aromatic heterocycles. The second-order valence-electron chi connectivity index (χ2n) is 6.91. The Balaban J connectivity index is 2.19. The van der Waals surface area contributed by atoms with Gasteiger partial charge in [0.05, 0.1) is 11.5 Å². The molecule has 0 radical (unpaired) electrons. The van der Waals surface area contributed by atoms with Crippen LogP contribution in [0.1, 0.15) is 52.9 Å². The van der Waals surface area contributed by atoms with Gasteiger partial charge in [0.15, 0.2) is 0 Å². The first-order valence-electron chi connectivity index (χ1n) is 7.27. The van der Waals surface area contributed by atoms with Crippen molar-refractivity contribution in [2.24, 2.45) is 29.6 Å². The second kappa shape index (κ2) is 4.84. The minimum Gasteiger partial charge on any atom is -0.481 e. The fourth-order valence-electron chi connectivity index (χ4n) is 4.32. The smallest absolute Gasteiger partial charge is 0.306 e. The number of carboxylic acid groups (broad SMARTS) is 1. The van der Waals surface area contributed by atoms with Gasteiger partial charge in [-0.15, -0.1) is 0 Å². The molecule has 18 heavy (non-hydrogen) atoms. The molecular formula is C15H26O3. The van der Waals surface area contributed by atoms with Gasteiger partial charge in [-0.3, -0.25) is 4.79 Å². The van der Waals surface area contributed by atoms with Crippen LogP contribution in [0.5, 0.6) is 0 Å². The topological polar surface area (TPSA) is 57.5 Å². The number of rotatable bonds is 2. The highest BCUT2D eigenvalue weighted by molar-refractivity contribution is 5.69. The molecular weight excluding hydrogens is 228 g/mol. The van der Waals surface area contributed by atoms with Crippen molar-refractivity contribution in [1.82, 2.24) is 0 Å². The predicted octanol–water partition coefficient (Wildman–Crippen LogP) is 2.92. The average molecular weight is 254 g/mol. The summed E-state index contributed by atoms with van der Waals surface area (Å²) in [6, 6.07) is 0. The van der Waals surface area contributed by atoms with Crippen molar-refractivity contribution in [2.45, 2.75) is 58.5 Å². The Morgan fingerprint density at radius 3 is 2.56 bits per heavy atom. The lowest BCUT2D eigenvalue weighted by atomic mass is 9.56. The van der Waals surface area contributed by atoms with Crippen molar-refractivity contribution in [3.63, 3.8) is 0 Å². The third-order valence-electron chi connectivity index (χ3n) is 5.51. The van der Waals surface area contributed by atoms with Crippen LogP contribution in [0, 0.1) is 29.6 Å². The van der Waals surface area contributed by atoms with Crippen LogP contribution in [0.15, 0.2) is 0 Å². The van der Waals surface area contributed by atoms with Gasteiger partial charge in [0, 0.05) is 0 Å². The van der Waals surface area contributed by atoms with Gasteiger partial charge in [-0.05, 0) is 56.3 Å². The van der Waals surface area contributed by atoms with Crippen LogP contribution in [0.25, 0.3) is 0 Å². The highest BCUT2D eigenvalue weighted by Gasteiger charge is 2.47. The first-order chi connectivity index (χ1) is 8.32. The van der Waals surface area contributed by atoms with Crippen LogP contribution < -0.4 is 0 Å². The van der Waals surface area contributed by atoms with Crippen molar-refractivity contribution < 1.29 is 15.0 Å². The lowest BCUT2D eigenvalue weighted by Gasteiger charge is -2.50. The molecule has 6 atom stereocenters. The Morgan fingerprint density at radius 2 is 1.94 bits per heavy atom. The van der Waals surface area contributed by atoms with Gasteiger partial charge in [-0.25, -0.2) is 0 Å². The quantitative estimate of drug-likeness (QED) is 0.796. The van der Waals surface area contributed by atoms with Crippen LogP contribution in [0.3, 0.4) is 0 Å². The zero-order valence-electron chi connectivity index (χ0n) is 11.7. The summed E-state index contributed by atoms with van der Waals surface area (Å²) in [6.45, 7) is 6.04. The van der Waals surface area contributed by atoms with E-state index in [2.05, 4.69) is 6.92 Å². The van der Waals surface area contributed by atoms with Crippen molar-refractivity contribution in [3.8, 4) is 0 Å². The van der Waals surface area contributed by atoms with E-state index >= 15 is 0 Å². The Morgan fingerprint density at radius 1 is 1.28 bits per heavy atom. The molecule has 0 bridgehead atoms. The summed E-state index contributed by atoms with van der Waals surface area (Å²) in [7, 11) is 0. The van der Waals surface area contributed by atoms with Crippen LogP contribution in [0.4, 0.5) is 0 Å². The SMILES string of the molecule is C[C@@H]1CC[C@@H]([C@@H](C)C(=O)O)[C@@H]2C[C@@](C)(O)CC[C@H]21. The Bertz CT molecular complexity index is 324. The third-order valence-corrected chi connectivity index (χ3v) is 5.51. The lowest BCUT2D eigenvalue weighted by Crippen LogP contribution is -2.46. The molecule has 0 saturated heterocycles. The van der Waals surface area contributed by atoms with E-state index in [9.17, 15) is 15.0 Å². The standard InChI is InChI=1S/C15H26O3/c1-9-4-5-12(10(2)14(16)17)13-8-15(3,18)7-6-11(9)13/h9-13,18H,4-8H2,1-3H3,(H,16,17)/t9-,10-,11+,12+,13-,15+/m1/s1. The zero-order chi connectivity index (χ0) is 13.5. The monoisotopic (exact) mass is 254 g/mol. The van der Waals surface area contributed by atoms with Gasteiger partial charge < -0.3 is 10.2 Å². The summed E-state index contributed by atoms with van der Waals surface area (Å²) in [4.78, 5) is 11.3. The van der Waals surface area contributed by atoms with E-state index in [4.69, 9.17) is 0 Å². The average Bonchev–Trinajstić information content (AvgIpc) is 2.27. The van der Waals surface area contributed by atoms with Crippen molar-refractivity contribution in [1.29, 1.82) is 0 Å². The van der Waals surface area contributed by atoms with E-state index in [0.717, 1.165) is 32.1 Å². The van der Waals surface area contributed by atoms with Gasteiger partial charge in [0.2, 0.25) is 0 Å². The van der Waals surface area contributed by atoms with Crippen molar-refractivity contribution in [2.75, 3.05) is 0 Å². The van der Waals surface area contributed by atoms with E-state index in [1.165, 1.54) is 0 Å². The maximum absolute atomic E-state index is 11.3. The first kappa shape index (κ1) is 13.9. The molecule has 104 valence electrons. The molecule has 0 heterocycles. The maximum Gasteiger partial charge on any atom is 0.306 e. The lowest BCUT2D eigenvalue weighted by molar-refractivity contribution is -0.147. The molecule has 0 unspecified atom stereocenters. The Labute approximate surface area is 110 Å². The summed E-state index contributed by atoms with van der Waals surface area (Å²) in [5.41, 5.74) is -0.589. The molecule has 2 aliphatic carbocycles. The molecule has 2 N–H and O–H groups in total. The third kappa shape index (κ3) is 2.56. The predicted molar refractivity (Wildman–Crippen MR) is 70.1 cm³/mol. The van der Waals surface area contributed by atoms with E-state index in [-0.39, 0.29) is 11.8 Å². The van der Waals surface area contributed by atoms with Gasteiger partial charge >= 0.3 is 5.97 Å². The normalized spacial score (nSPS) is 46.2. The van der Waals surface area contributed by atoms with E-state index in [1.54, 1.807) is 0 Å². The van der Waals surface area contributed by atoms with Crippen molar-refractivity contribution >= 4 is 5.97 Å². The summed E-state index contributed by atoms with van der Waals surface area (Å²) in [5, 5.41) is 19.5. The van der Waals surface area contributed by atoms with E-state index < -0.39 is 11.6 Å². The summed E-state index contributed by atoms with van der Waals surface area (Å²) in [6.07, 6.45) is 4.86. The molecule has 2 fully saturated rings. The molecule has 3 nitrogen and oxygen atoms in total. The van der Waals surface area contributed by atoms with Crippen LogP contribution >= 0.6 is 0 Å². The minimum absolute atomic E-state index is 0.246. The summed E-state index contributed by atoms with van der Waals surface area (Å²) in [5.74, 6) is 0.977. The van der Waals surface area contributed by atoms with Gasteiger partial charge in [0.25, 0.3) is 0 Å². The molecule has 0 aliphatic heterocycles. The Hall–Kier alpha value is -0.570. The number of hydrogen-bond acceptors (Lipinski definition) is 2. The fraction of sp³-hybridized carbons (Fsp3) is 0.933. The second-order valence-corrected chi connectivity index (χ2v) is 6.91. The van der Waals surface area contributed by atoms with Gasteiger partial charge in [-0.2, -0.15) is 0 Å². The van der Waals surface area contributed by atoms with Crippen LogP contribution in [0.2, 0.25) is 0 Å². The first-order valence-corrected chi connectivity index (χ1v) is 7.27. The molecule has 2 rings (SSSR count). The number of hydrogen-bond donors (Lipinski definition) is 2. The molecule has 2 saturated carbocycles. The molecule has 2 aliphatic rings. The number of aliphatic hydroxyl groups is 1. The van der Waals surface area contributed by atoms with Crippen LogP contribution in [-0.4, -0.2) is 21.8 Å². The molecule has 0 spiro atoms. The van der Waals surface area contributed by atoms with E-state index in [0.29, 0.717) is 17.8 Å². The molecule has 0 aromatic carbocycles. The highest BCUT2D eigenvalue weighted by Crippen LogP contribution is 2.51. The summed E-state index contributed by atoms with van der Waals surface area (Å²) < 4.78 is 0. The number of aliphatic carboxylic acids is 1. The number of carboxylic acids is 1. The number of carbonyl (C=O) groups is 1. The fourth-order valence-corrected chi connectivity index (χ4v) is 4.32. The minimum atomic E-state index is -0.682. The van der Waals surface area contributed by atoms with Crippen LogP contribution in [-0.2, 0) is 4.79 Å². The summed E-state index contributed by atoms with van der Waals surface area (Å²) >= 11 is 0. The molecule has 3 heteroatoms.